The Kier molecular flexibility index (Phi) is 1.30. The van der Waals surface area contributed by atoms with Crippen molar-refractivity contribution in [1.29, 1.82) is 0 Å². The summed E-state index contributed by atoms with van der Waals surface area (Å²) in [6, 6.07) is 1.91. The van der Waals surface area contributed by atoms with E-state index in [9.17, 15) is 0 Å². The summed E-state index contributed by atoms with van der Waals surface area (Å²) < 4.78 is 1.78. The standard InChI is InChI=1S/C8H10N4/c1-5-3-4-12-7(10-5)6(2)11-8(12)9/h3-4H,1-2H3,(H2,9,11). The zero-order valence-electron chi connectivity index (χ0n) is 7.07. The van der Waals surface area contributed by atoms with Crippen LogP contribution in [0.1, 0.15) is 11.4 Å². The first kappa shape index (κ1) is 7.09. The molecule has 0 aliphatic heterocycles. The molecule has 0 fully saturated rings. The normalized spacial score (nSPS) is 10.8. The smallest absolute Gasteiger partial charge is 0.206 e. The number of anilines is 1. The third kappa shape index (κ3) is 0.845. The van der Waals surface area contributed by atoms with Crippen molar-refractivity contribution in [2.45, 2.75) is 13.8 Å². The Balaban J connectivity index is 2.90. The maximum absolute atomic E-state index is 5.64. The molecule has 0 bridgehead atoms. The predicted molar refractivity (Wildman–Crippen MR) is 46.9 cm³/mol. The molecule has 0 atom stereocenters. The minimum absolute atomic E-state index is 0.495. The lowest BCUT2D eigenvalue weighted by atomic mass is 10.4. The molecule has 2 aromatic rings. The highest BCUT2D eigenvalue weighted by Gasteiger charge is 2.04. The molecule has 2 aromatic heterocycles. The van der Waals surface area contributed by atoms with Gasteiger partial charge in [-0.1, -0.05) is 0 Å². The molecule has 62 valence electrons. The van der Waals surface area contributed by atoms with Gasteiger partial charge in [0.05, 0.1) is 5.69 Å². The van der Waals surface area contributed by atoms with Crippen LogP contribution >= 0.6 is 0 Å². The Hall–Kier alpha value is -1.58. The van der Waals surface area contributed by atoms with Gasteiger partial charge in [-0.15, -0.1) is 0 Å². The second-order valence-electron chi connectivity index (χ2n) is 2.82. The lowest BCUT2D eigenvalue weighted by molar-refractivity contribution is 1.09. The van der Waals surface area contributed by atoms with E-state index in [0.29, 0.717) is 5.95 Å². The van der Waals surface area contributed by atoms with Gasteiger partial charge >= 0.3 is 0 Å². The number of aromatic nitrogens is 3. The van der Waals surface area contributed by atoms with E-state index in [-0.39, 0.29) is 0 Å². The van der Waals surface area contributed by atoms with Crippen LogP contribution in [0.4, 0.5) is 5.95 Å². The highest BCUT2D eigenvalue weighted by molar-refractivity contribution is 5.50. The van der Waals surface area contributed by atoms with Crippen molar-refractivity contribution < 1.29 is 0 Å². The first-order chi connectivity index (χ1) is 5.68. The van der Waals surface area contributed by atoms with Crippen LogP contribution in [0.15, 0.2) is 12.3 Å². The number of imidazole rings is 1. The molecular weight excluding hydrogens is 152 g/mol. The summed E-state index contributed by atoms with van der Waals surface area (Å²) in [5.74, 6) is 0.495. The average molecular weight is 162 g/mol. The average Bonchev–Trinajstić information content (AvgIpc) is 2.28. The molecule has 0 aromatic carbocycles. The zero-order chi connectivity index (χ0) is 8.72. The number of aryl methyl sites for hydroxylation is 2. The summed E-state index contributed by atoms with van der Waals surface area (Å²) in [4.78, 5) is 8.43. The van der Waals surface area contributed by atoms with Crippen molar-refractivity contribution in [1.82, 2.24) is 14.4 Å². The van der Waals surface area contributed by atoms with Crippen molar-refractivity contribution >= 4 is 11.6 Å². The molecule has 2 heterocycles. The summed E-state index contributed by atoms with van der Waals surface area (Å²) in [5.41, 5.74) is 8.33. The summed E-state index contributed by atoms with van der Waals surface area (Å²) in [7, 11) is 0. The number of fused-ring (bicyclic) bond motifs is 1. The van der Waals surface area contributed by atoms with Crippen molar-refractivity contribution in [3.05, 3.63) is 23.7 Å². The Morgan fingerprint density at radius 3 is 2.83 bits per heavy atom. The molecule has 2 rings (SSSR count). The molecule has 0 aliphatic rings. The number of nitrogen functional groups attached to an aromatic ring is 1. The highest BCUT2D eigenvalue weighted by atomic mass is 15.1. The van der Waals surface area contributed by atoms with E-state index in [1.165, 1.54) is 0 Å². The molecular formula is C8H10N4. The van der Waals surface area contributed by atoms with Crippen LogP contribution < -0.4 is 5.73 Å². The van der Waals surface area contributed by atoms with Crippen LogP contribution in [0.2, 0.25) is 0 Å². The maximum Gasteiger partial charge on any atom is 0.206 e. The second-order valence-corrected chi connectivity index (χ2v) is 2.82. The van der Waals surface area contributed by atoms with E-state index in [2.05, 4.69) is 9.97 Å². The van der Waals surface area contributed by atoms with Gasteiger partial charge < -0.3 is 5.73 Å². The van der Waals surface area contributed by atoms with E-state index in [4.69, 9.17) is 5.73 Å². The number of hydrogen-bond acceptors (Lipinski definition) is 3. The Bertz CT molecular complexity index is 430. The van der Waals surface area contributed by atoms with Crippen LogP contribution in [-0.2, 0) is 0 Å². The molecule has 12 heavy (non-hydrogen) atoms. The molecule has 0 aliphatic carbocycles. The third-order valence-corrected chi connectivity index (χ3v) is 1.83. The molecule has 4 nitrogen and oxygen atoms in total. The molecule has 4 heteroatoms. The topological polar surface area (TPSA) is 56.2 Å². The fourth-order valence-corrected chi connectivity index (χ4v) is 1.23. The lowest BCUT2D eigenvalue weighted by Gasteiger charge is -1.95. The summed E-state index contributed by atoms with van der Waals surface area (Å²) >= 11 is 0. The van der Waals surface area contributed by atoms with Crippen LogP contribution in [0, 0.1) is 13.8 Å². The Labute approximate surface area is 70.1 Å². The minimum Gasteiger partial charge on any atom is -0.369 e. The molecule has 0 spiro atoms. The monoisotopic (exact) mass is 162 g/mol. The molecule has 0 radical (unpaired) electrons. The van der Waals surface area contributed by atoms with E-state index in [0.717, 1.165) is 17.0 Å². The van der Waals surface area contributed by atoms with Crippen molar-refractivity contribution in [3.63, 3.8) is 0 Å². The molecule has 0 unspecified atom stereocenters. The molecule has 2 N–H and O–H groups in total. The summed E-state index contributed by atoms with van der Waals surface area (Å²) in [6.45, 7) is 3.85. The fourth-order valence-electron chi connectivity index (χ4n) is 1.23. The maximum atomic E-state index is 5.64. The van der Waals surface area contributed by atoms with Gasteiger partial charge in [0.2, 0.25) is 5.95 Å². The predicted octanol–water partition coefficient (Wildman–Crippen LogP) is 0.928. The largest absolute Gasteiger partial charge is 0.369 e. The van der Waals surface area contributed by atoms with Crippen molar-refractivity contribution in [3.8, 4) is 0 Å². The second kappa shape index (κ2) is 2.20. The zero-order valence-corrected chi connectivity index (χ0v) is 7.07. The first-order valence-corrected chi connectivity index (χ1v) is 3.76. The minimum atomic E-state index is 0.495. The van der Waals surface area contributed by atoms with E-state index in [1.54, 1.807) is 4.40 Å². The summed E-state index contributed by atoms with van der Waals surface area (Å²) in [5, 5.41) is 0. The fraction of sp³-hybridized carbons (Fsp3) is 0.250. The summed E-state index contributed by atoms with van der Waals surface area (Å²) in [6.07, 6.45) is 1.88. The van der Waals surface area contributed by atoms with Crippen molar-refractivity contribution in [2.75, 3.05) is 5.73 Å². The molecule has 0 saturated carbocycles. The third-order valence-electron chi connectivity index (χ3n) is 1.83. The molecule has 0 amide bonds. The van der Waals surface area contributed by atoms with Crippen LogP contribution in [0.5, 0.6) is 0 Å². The number of hydrogen-bond donors (Lipinski definition) is 1. The van der Waals surface area contributed by atoms with Gasteiger partial charge in [0, 0.05) is 11.9 Å². The quantitative estimate of drug-likeness (QED) is 0.627. The Morgan fingerprint density at radius 1 is 1.33 bits per heavy atom. The van der Waals surface area contributed by atoms with Crippen LogP contribution in [0.25, 0.3) is 5.65 Å². The number of nitrogens with two attached hydrogens (primary N) is 1. The van der Waals surface area contributed by atoms with Crippen LogP contribution in [0.3, 0.4) is 0 Å². The SMILES string of the molecule is Cc1ccn2c(N)nc(C)c2n1. The number of nitrogens with zero attached hydrogens (tertiary/aromatic N) is 3. The number of rotatable bonds is 0. The van der Waals surface area contributed by atoms with E-state index < -0.39 is 0 Å². The van der Waals surface area contributed by atoms with E-state index in [1.807, 2.05) is 26.1 Å². The van der Waals surface area contributed by atoms with Gasteiger partial charge in [-0.2, -0.15) is 0 Å². The van der Waals surface area contributed by atoms with E-state index >= 15 is 0 Å². The first-order valence-electron chi connectivity index (χ1n) is 3.76. The van der Waals surface area contributed by atoms with Crippen molar-refractivity contribution in [2.24, 2.45) is 0 Å². The van der Waals surface area contributed by atoms with Gasteiger partial charge in [-0.3, -0.25) is 4.40 Å². The molecule has 0 saturated heterocycles. The van der Waals surface area contributed by atoms with Gasteiger partial charge in [0.1, 0.15) is 0 Å². The van der Waals surface area contributed by atoms with Gasteiger partial charge in [0.15, 0.2) is 5.65 Å². The van der Waals surface area contributed by atoms with Gasteiger partial charge in [0.25, 0.3) is 0 Å². The van der Waals surface area contributed by atoms with Gasteiger partial charge in [-0.25, -0.2) is 9.97 Å². The lowest BCUT2D eigenvalue weighted by Crippen LogP contribution is -1.95. The highest BCUT2D eigenvalue weighted by Crippen LogP contribution is 2.11. The van der Waals surface area contributed by atoms with Crippen LogP contribution in [-0.4, -0.2) is 14.4 Å². The Morgan fingerprint density at radius 2 is 2.08 bits per heavy atom. The van der Waals surface area contributed by atoms with Gasteiger partial charge in [-0.05, 0) is 19.9 Å².